The van der Waals surface area contributed by atoms with E-state index in [2.05, 4.69) is 27.1 Å². The van der Waals surface area contributed by atoms with E-state index in [1.165, 1.54) is 0 Å². The predicted molar refractivity (Wildman–Crippen MR) is 149 cm³/mol. The van der Waals surface area contributed by atoms with Crippen LogP contribution in [0.25, 0.3) is 10.9 Å². The summed E-state index contributed by atoms with van der Waals surface area (Å²) in [6.45, 7) is 5.63. The molecular formula is C29H28F6N4OS. The van der Waals surface area contributed by atoms with Gasteiger partial charge in [-0.05, 0) is 91.5 Å². The van der Waals surface area contributed by atoms with E-state index in [9.17, 15) is 26.3 Å². The summed E-state index contributed by atoms with van der Waals surface area (Å²) in [5.74, 6) is 1.35. The lowest BCUT2D eigenvalue weighted by atomic mass is 9.73. The Morgan fingerprint density at radius 2 is 1.80 bits per heavy atom. The van der Waals surface area contributed by atoms with Gasteiger partial charge in [0.05, 0.1) is 29.8 Å². The lowest BCUT2D eigenvalue weighted by molar-refractivity contribution is -0.143. The third-order valence-electron chi connectivity index (χ3n) is 7.99. The van der Waals surface area contributed by atoms with Crippen LogP contribution in [0.15, 0.2) is 61.3 Å². The maximum Gasteiger partial charge on any atom is 0.416 e. The number of ether oxygens (including phenoxy) is 1. The highest BCUT2D eigenvalue weighted by atomic mass is 32.1. The molecule has 12 heteroatoms. The van der Waals surface area contributed by atoms with Crippen molar-refractivity contribution in [1.82, 2.24) is 15.2 Å². The molecule has 3 saturated heterocycles. The molecule has 218 valence electrons. The van der Waals surface area contributed by atoms with E-state index in [1.54, 1.807) is 19.4 Å². The van der Waals surface area contributed by atoms with Gasteiger partial charge in [-0.2, -0.15) is 26.3 Å². The van der Waals surface area contributed by atoms with Crippen molar-refractivity contribution in [2.45, 2.75) is 37.3 Å². The number of fused-ring (bicyclic) bond motifs is 4. The maximum absolute atomic E-state index is 13.4. The minimum atomic E-state index is -4.97. The molecule has 0 aliphatic carbocycles. The van der Waals surface area contributed by atoms with Gasteiger partial charge in [-0.3, -0.25) is 9.88 Å². The Balaban J connectivity index is 1.51. The van der Waals surface area contributed by atoms with E-state index in [0.29, 0.717) is 35.2 Å². The van der Waals surface area contributed by atoms with Gasteiger partial charge in [0, 0.05) is 29.9 Å². The number of methoxy groups -OCH3 is 1. The topological polar surface area (TPSA) is 49.4 Å². The van der Waals surface area contributed by atoms with Crippen LogP contribution in [0.1, 0.15) is 35.6 Å². The van der Waals surface area contributed by atoms with Crippen LogP contribution in [-0.4, -0.2) is 41.2 Å². The van der Waals surface area contributed by atoms with Crippen LogP contribution in [0.3, 0.4) is 0 Å². The number of piperidine rings is 3. The summed E-state index contributed by atoms with van der Waals surface area (Å²) in [5, 5.41) is 6.52. The quantitative estimate of drug-likeness (QED) is 0.179. The SMILES string of the molecule is C=C[C@H]1CN2CCC1C[C@H]2[C@H](NC(=S)Nc1cc(C(F)(F)F)cc(C(F)(F)F)c1)c1ccnc2ccc(OC)cc12. The molecule has 2 aromatic carbocycles. The van der Waals surface area contributed by atoms with Gasteiger partial charge in [-0.1, -0.05) is 6.08 Å². The number of halogens is 6. The fourth-order valence-electron chi connectivity index (χ4n) is 5.99. The summed E-state index contributed by atoms with van der Waals surface area (Å²) in [7, 11) is 1.55. The molecule has 0 radical (unpaired) electrons. The Bertz CT molecular complexity index is 1430. The van der Waals surface area contributed by atoms with E-state index in [4.69, 9.17) is 17.0 Å². The average Bonchev–Trinajstić information content (AvgIpc) is 2.94. The molecule has 3 fully saturated rings. The number of nitrogens with one attached hydrogen (secondary N) is 2. The second kappa shape index (κ2) is 11.1. The van der Waals surface area contributed by atoms with Crippen molar-refractivity contribution in [2.24, 2.45) is 11.8 Å². The Morgan fingerprint density at radius 3 is 2.39 bits per heavy atom. The Hall–Kier alpha value is -3.38. The molecule has 3 aromatic rings. The molecule has 41 heavy (non-hydrogen) atoms. The first-order valence-electron chi connectivity index (χ1n) is 13.0. The first-order chi connectivity index (χ1) is 19.4. The Morgan fingerprint density at radius 1 is 1.10 bits per heavy atom. The highest BCUT2D eigenvalue weighted by Gasteiger charge is 2.43. The number of pyridine rings is 1. The third kappa shape index (κ3) is 6.13. The van der Waals surface area contributed by atoms with Gasteiger partial charge in [0.25, 0.3) is 0 Å². The fraction of sp³-hybridized carbons (Fsp3) is 0.379. The number of alkyl halides is 6. The van der Waals surface area contributed by atoms with Crippen LogP contribution in [0.4, 0.5) is 32.0 Å². The Labute approximate surface area is 238 Å². The molecule has 1 aromatic heterocycles. The van der Waals surface area contributed by atoms with E-state index < -0.39 is 35.2 Å². The van der Waals surface area contributed by atoms with Crippen molar-refractivity contribution >= 4 is 33.9 Å². The highest BCUT2D eigenvalue weighted by molar-refractivity contribution is 7.80. The number of thiocarbonyl (C=S) groups is 1. The van der Waals surface area contributed by atoms with Crippen LogP contribution in [0.5, 0.6) is 5.75 Å². The standard InChI is InChI=1S/C29H28F6N4OS/c1-3-16-15-39-9-7-17(16)10-25(39)26(22-6-8-36-24-5-4-21(40-2)14-23(22)24)38-27(41)37-20-12-18(28(30,31)32)11-19(13-20)29(33,34)35/h3-6,8,11-14,16-17,25-26H,1,7,9-10,15H2,2H3,(H2,37,38,41)/t16-,17?,25-,26+/m0/s1. The van der Waals surface area contributed by atoms with Gasteiger partial charge in [-0.15, -0.1) is 6.58 Å². The maximum atomic E-state index is 13.4. The van der Waals surface area contributed by atoms with E-state index >= 15 is 0 Å². The number of aromatic nitrogens is 1. The first kappa shape index (κ1) is 29.1. The molecule has 0 amide bonds. The summed E-state index contributed by atoms with van der Waals surface area (Å²) < 4.78 is 86.0. The molecule has 0 saturated carbocycles. The largest absolute Gasteiger partial charge is 0.497 e. The molecule has 0 spiro atoms. The number of hydrogen-bond donors (Lipinski definition) is 2. The smallest absolute Gasteiger partial charge is 0.416 e. The van der Waals surface area contributed by atoms with Gasteiger partial charge in [0.1, 0.15) is 5.75 Å². The molecule has 5 atom stereocenters. The molecular weight excluding hydrogens is 566 g/mol. The molecule has 2 N–H and O–H groups in total. The van der Waals surface area contributed by atoms with Gasteiger partial charge < -0.3 is 15.4 Å². The summed E-state index contributed by atoms with van der Waals surface area (Å²) >= 11 is 5.50. The molecule has 5 nitrogen and oxygen atoms in total. The van der Waals surface area contributed by atoms with Crippen molar-refractivity contribution in [3.63, 3.8) is 0 Å². The number of rotatable bonds is 6. The number of hydrogen-bond acceptors (Lipinski definition) is 4. The number of benzene rings is 2. The van der Waals surface area contributed by atoms with Crippen molar-refractivity contribution in [2.75, 3.05) is 25.5 Å². The normalized spacial score (nSPS) is 23.2. The summed E-state index contributed by atoms with van der Waals surface area (Å²) in [6.07, 6.45) is -4.48. The summed E-state index contributed by atoms with van der Waals surface area (Å²) in [6, 6.07) is 8.15. The molecule has 4 heterocycles. The zero-order valence-corrected chi connectivity index (χ0v) is 22.8. The van der Waals surface area contributed by atoms with Crippen LogP contribution >= 0.6 is 12.2 Å². The van der Waals surface area contributed by atoms with Crippen LogP contribution < -0.4 is 15.4 Å². The van der Waals surface area contributed by atoms with Crippen LogP contribution in [0, 0.1) is 11.8 Å². The lowest BCUT2D eigenvalue weighted by Crippen LogP contribution is -2.57. The molecule has 2 bridgehead atoms. The molecule has 3 aliphatic rings. The van der Waals surface area contributed by atoms with Crippen LogP contribution in [0.2, 0.25) is 0 Å². The van der Waals surface area contributed by atoms with Crippen LogP contribution in [-0.2, 0) is 12.4 Å². The van der Waals surface area contributed by atoms with Gasteiger partial charge in [0.2, 0.25) is 0 Å². The fourth-order valence-corrected chi connectivity index (χ4v) is 6.23. The Kier molecular flexibility index (Phi) is 7.90. The zero-order chi connectivity index (χ0) is 29.5. The monoisotopic (exact) mass is 594 g/mol. The first-order valence-corrected chi connectivity index (χ1v) is 13.4. The summed E-state index contributed by atoms with van der Waals surface area (Å²) in [4.78, 5) is 6.80. The molecule has 2 unspecified atom stereocenters. The minimum absolute atomic E-state index is 0.0475. The second-order valence-corrected chi connectivity index (χ2v) is 10.8. The van der Waals surface area contributed by atoms with Crippen molar-refractivity contribution in [1.29, 1.82) is 0 Å². The van der Waals surface area contributed by atoms with Crippen molar-refractivity contribution in [3.05, 3.63) is 78.0 Å². The number of anilines is 1. The molecule has 3 aliphatic heterocycles. The zero-order valence-electron chi connectivity index (χ0n) is 22.0. The third-order valence-corrected chi connectivity index (χ3v) is 8.21. The number of nitrogens with zero attached hydrogens (tertiary/aromatic N) is 2. The average molecular weight is 595 g/mol. The minimum Gasteiger partial charge on any atom is -0.497 e. The van der Waals surface area contributed by atoms with Gasteiger partial charge >= 0.3 is 12.4 Å². The van der Waals surface area contributed by atoms with E-state index in [1.807, 2.05) is 24.3 Å². The lowest BCUT2D eigenvalue weighted by Gasteiger charge is -2.52. The summed E-state index contributed by atoms with van der Waals surface area (Å²) in [5.41, 5.74) is -1.71. The van der Waals surface area contributed by atoms with Crippen molar-refractivity contribution in [3.8, 4) is 5.75 Å². The van der Waals surface area contributed by atoms with E-state index in [-0.39, 0.29) is 17.2 Å². The van der Waals surface area contributed by atoms with E-state index in [0.717, 1.165) is 36.9 Å². The van der Waals surface area contributed by atoms with Gasteiger partial charge in [0.15, 0.2) is 5.11 Å². The second-order valence-electron chi connectivity index (χ2n) is 10.4. The highest BCUT2D eigenvalue weighted by Crippen LogP contribution is 2.43. The van der Waals surface area contributed by atoms with Crippen molar-refractivity contribution < 1.29 is 31.1 Å². The molecule has 6 rings (SSSR count). The predicted octanol–water partition coefficient (Wildman–Crippen LogP) is 7.21. The van der Waals surface area contributed by atoms with Gasteiger partial charge in [-0.25, -0.2) is 0 Å².